The number of aliphatic carboxylic acids is 1. The van der Waals surface area contributed by atoms with Crippen molar-refractivity contribution >= 4 is 5.97 Å². The van der Waals surface area contributed by atoms with Crippen LogP contribution in [0.5, 0.6) is 0 Å². The van der Waals surface area contributed by atoms with Crippen LogP contribution in [-0.4, -0.2) is 53.4 Å². The second-order valence-electron chi connectivity index (χ2n) is 6.44. The lowest BCUT2D eigenvalue weighted by molar-refractivity contribution is -0.145. The maximum absolute atomic E-state index is 11.3. The van der Waals surface area contributed by atoms with Crippen LogP contribution in [-0.2, 0) is 9.53 Å². The quantitative estimate of drug-likeness (QED) is 0.789. The van der Waals surface area contributed by atoms with E-state index in [4.69, 9.17) is 10.5 Å². The van der Waals surface area contributed by atoms with Gasteiger partial charge in [-0.1, -0.05) is 6.42 Å². The van der Waals surface area contributed by atoms with Gasteiger partial charge in [-0.3, -0.25) is 9.69 Å². The fraction of sp³-hybridized carbons (Fsp3) is 0.929. The summed E-state index contributed by atoms with van der Waals surface area (Å²) in [6, 6.07) is 0. The maximum atomic E-state index is 11.3. The van der Waals surface area contributed by atoms with Crippen molar-refractivity contribution in [2.45, 2.75) is 56.3 Å². The van der Waals surface area contributed by atoms with Crippen molar-refractivity contribution in [3.05, 3.63) is 0 Å². The van der Waals surface area contributed by atoms with E-state index in [9.17, 15) is 9.90 Å². The van der Waals surface area contributed by atoms with Crippen molar-refractivity contribution in [1.29, 1.82) is 0 Å². The monoisotopic (exact) mass is 268 g/mol. The number of carbonyl (C=O) groups is 1. The van der Waals surface area contributed by atoms with E-state index in [0.717, 1.165) is 38.9 Å². The Hall–Kier alpha value is -0.650. The highest BCUT2D eigenvalue weighted by Crippen LogP contribution is 2.37. The summed E-state index contributed by atoms with van der Waals surface area (Å²) in [4.78, 5) is 13.8. The molecule has 2 saturated heterocycles. The van der Waals surface area contributed by atoms with Gasteiger partial charge in [-0.15, -0.1) is 0 Å². The molecule has 0 radical (unpaired) electrons. The summed E-state index contributed by atoms with van der Waals surface area (Å²) >= 11 is 0. The zero-order chi connectivity index (χ0) is 13.5. The molecule has 0 amide bonds. The summed E-state index contributed by atoms with van der Waals surface area (Å²) in [5.41, 5.74) is 5.11. The van der Waals surface area contributed by atoms with E-state index >= 15 is 0 Å². The van der Waals surface area contributed by atoms with Crippen molar-refractivity contribution in [3.63, 3.8) is 0 Å². The molecular weight excluding hydrogens is 244 g/mol. The Kier molecular flexibility index (Phi) is 3.53. The van der Waals surface area contributed by atoms with Gasteiger partial charge in [0.15, 0.2) is 0 Å². The highest BCUT2D eigenvalue weighted by atomic mass is 16.5. The number of morpholine rings is 1. The second-order valence-corrected chi connectivity index (χ2v) is 6.44. The van der Waals surface area contributed by atoms with Crippen molar-refractivity contribution < 1.29 is 14.6 Å². The summed E-state index contributed by atoms with van der Waals surface area (Å²) in [5.74, 6) is -0.692. The molecular formula is C14H24N2O3. The first-order valence-corrected chi connectivity index (χ1v) is 7.48. The average Bonchev–Trinajstić information content (AvgIpc) is 2.91. The third kappa shape index (κ3) is 2.51. The van der Waals surface area contributed by atoms with Crippen LogP contribution >= 0.6 is 0 Å². The molecule has 5 heteroatoms. The minimum absolute atomic E-state index is 0.130. The predicted molar refractivity (Wildman–Crippen MR) is 70.8 cm³/mol. The molecule has 2 heterocycles. The van der Waals surface area contributed by atoms with Gasteiger partial charge in [0.2, 0.25) is 0 Å². The van der Waals surface area contributed by atoms with Crippen LogP contribution in [0.25, 0.3) is 0 Å². The van der Waals surface area contributed by atoms with Gasteiger partial charge in [0.25, 0.3) is 0 Å². The lowest BCUT2D eigenvalue weighted by Gasteiger charge is -2.34. The van der Waals surface area contributed by atoms with Gasteiger partial charge in [-0.25, -0.2) is 0 Å². The summed E-state index contributed by atoms with van der Waals surface area (Å²) in [6.07, 6.45) is 6.61. The van der Waals surface area contributed by atoms with E-state index in [1.54, 1.807) is 0 Å². The van der Waals surface area contributed by atoms with Gasteiger partial charge in [0, 0.05) is 13.1 Å². The molecule has 19 heavy (non-hydrogen) atoms. The molecule has 0 aromatic rings. The van der Waals surface area contributed by atoms with Crippen LogP contribution in [0.15, 0.2) is 0 Å². The van der Waals surface area contributed by atoms with Gasteiger partial charge in [0.1, 0.15) is 5.54 Å². The Morgan fingerprint density at radius 2 is 2.00 bits per heavy atom. The summed E-state index contributed by atoms with van der Waals surface area (Å²) in [7, 11) is 0. The number of carboxylic acids is 1. The van der Waals surface area contributed by atoms with Crippen LogP contribution < -0.4 is 5.73 Å². The molecule has 0 aromatic heterocycles. The molecule has 0 spiro atoms. The fourth-order valence-corrected chi connectivity index (χ4v) is 4.01. The highest BCUT2D eigenvalue weighted by molar-refractivity contribution is 5.79. The molecule has 2 aliphatic heterocycles. The third-order valence-electron chi connectivity index (χ3n) is 5.18. The highest BCUT2D eigenvalue weighted by Gasteiger charge is 2.46. The molecule has 3 rings (SSSR count). The summed E-state index contributed by atoms with van der Waals surface area (Å²) < 4.78 is 5.82. The summed E-state index contributed by atoms with van der Waals surface area (Å²) in [6.45, 7) is 2.98. The Labute approximate surface area is 114 Å². The molecule has 0 aromatic carbocycles. The molecule has 5 nitrogen and oxygen atoms in total. The van der Waals surface area contributed by atoms with Crippen LogP contribution in [0.3, 0.4) is 0 Å². The van der Waals surface area contributed by atoms with Crippen molar-refractivity contribution in [2.24, 2.45) is 11.7 Å². The number of nitrogens with two attached hydrogens (primary N) is 1. The zero-order valence-corrected chi connectivity index (χ0v) is 11.4. The molecule has 3 N–H and O–H groups in total. The molecule has 4 atom stereocenters. The van der Waals surface area contributed by atoms with E-state index in [1.807, 2.05) is 0 Å². The van der Waals surface area contributed by atoms with Crippen LogP contribution in [0.2, 0.25) is 0 Å². The number of nitrogens with zero attached hydrogens (tertiary/aromatic N) is 1. The van der Waals surface area contributed by atoms with Gasteiger partial charge in [0.05, 0.1) is 12.2 Å². The first kappa shape index (κ1) is 13.3. The average molecular weight is 268 g/mol. The lowest BCUT2D eigenvalue weighted by Crippen LogP contribution is -2.52. The van der Waals surface area contributed by atoms with E-state index in [2.05, 4.69) is 4.90 Å². The first-order valence-electron chi connectivity index (χ1n) is 7.48. The van der Waals surface area contributed by atoms with E-state index in [1.165, 1.54) is 12.8 Å². The number of hydrogen-bond donors (Lipinski definition) is 2. The molecule has 108 valence electrons. The second kappa shape index (κ2) is 5.04. The Morgan fingerprint density at radius 1 is 1.32 bits per heavy atom. The van der Waals surface area contributed by atoms with Crippen LogP contribution in [0.4, 0.5) is 0 Å². The maximum Gasteiger partial charge on any atom is 0.323 e. The number of likely N-dealkylation sites (tertiary alicyclic amines) is 1. The minimum Gasteiger partial charge on any atom is -0.480 e. The summed E-state index contributed by atoms with van der Waals surface area (Å²) in [5, 5.41) is 9.32. The largest absolute Gasteiger partial charge is 0.480 e. The molecule has 1 aliphatic carbocycles. The van der Waals surface area contributed by atoms with Crippen LogP contribution in [0, 0.1) is 5.92 Å². The van der Waals surface area contributed by atoms with Gasteiger partial charge in [-0.05, 0) is 44.6 Å². The Balaban J connectivity index is 1.53. The zero-order valence-electron chi connectivity index (χ0n) is 11.4. The van der Waals surface area contributed by atoms with Gasteiger partial charge >= 0.3 is 5.97 Å². The Bertz CT molecular complexity index is 351. The van der Waals surface area contributed by atoms with E-state index < -0.39 is 11.5 Å². The molecule has 2 bridgehead atoms. The molecule has 1 saturated carbocycles. The lowest BCUT2D eigenvalue weighted by atomic mass is 9.85. The standard InChI is InChI=1S/C14H24N2O3/c15-14(13(17)18)6-1-2-10(14)5-7-16-8-11-3-4-12(9-16)19-11/h10-12H,1-9,15H2,(H,17,18). The SMILES string of the molecule is NC1(C(=O)O)CCCC1CCN1CC2CCC(C1)O2. The minimum atomic E-state index is -0.981. The molecule has 3 aliphatic rings. The van der Waals surface area contributed by atoms with Crippen LogP contribution in [0.1, 0.15) is 38.5 Å². The first-order chi connectivity index (χ1) is 9.08. The van der Waals surface area contributed by atoms with E-state index in [0.29, 0.717) is 18.6 Å². The van der Waals surface area contributed by atoms with Gasteiger partial charge in [-0.2, -0.15) is 0 Å². The number of carboxylic acid groups (broad SMARTS) is 1. The number of hydrogen-bond acceptors (Lipinski definition) is 4. The topological polar surface area (TPSA) is 75.8 Å². The molecule has 3 fully saturated rings. The van der Waals surface area contributed by atoms with E-state index in [-0.39, 0.29) is 5.92 Å². The molecule has 4 unspecified atom stereocenters. The fourth-order valence-electron chi connectivity index (χ4n) is 4.01. The smallest absolute Gasteiger partial charge is 0.323 e. The normalized spacial score (nSPS) is 42.7. The van der Waals surface area contributed by atoms with Crippen molar-refractivity contribution in [2.75, 3.05) is 19.6 Å². The Morgan fingerprint density at radius 3 is 2.63 bits per heavy atom. The number of ether oxygens (including phenoxy) is 1. The third-order valence-corrected chi connectivity index (χ3v) is 5.18. The van der Waals surface area contributed by atoms with Crippen molar-refractivity contribution in [3.8, 4) is 0 Å². The van der Waals surface area contributed by atoms with Gasteiger partial charge < -0.3 is 15.6 Å². The number of rotatable bonds is 4. The van der Waals surface area contributed by atoms with Crippen molar-refractivity contribution in [1.82, 2.24) is 4.90 Å². The predicted octanol–water partition coefficient (Wildman–Crippen LogP) is 0.822. The number of fused-ring (bicyclic) bond motifs is 2.